The Labute approximate surface area is 53.7 Å². The highest BCUT2D eigenvalue weighted by atomic mass is 16.5. The Bertz CT molecular complexity index is 124. The highest BCUT2D eigenvalue weighted by molar-refractivity contribution is 5.72. The van der Waals surface area contributed by atoms with E-state index in [0.29, 0.717) is 13.2 Å². The molecular weight excluding hydrogens is 120 g/mol. The number of nitrogens with two attached hydrogens (primary N) is 1. The first-order chi connectivity index (χ1) is 4.33. The standard InChI is InChI=1S/C5H10N2O2/c1-8-2-4-3-9-5(6)7-4/h4H,2-3H2,1H3,(H2,6,7)/t4-/m0/s1. The Balaban J connectivity index is 2.29. The lowest BCUT2D eigenvalue weighted by molar-refractivity contribution is 0.164. The molecule has 4 heteroatoms. The summed E-state index contributed by atoms with van der Waals surface area (Å²) in [5.74, 6) is 0. The summed E-state index contributed by atoms with van der Waals surface area (Å²) in [6, 6.07) is 0.382. The third kappa shape index (κ3) is 1.57. The van der Waals surface area contributed by atoms with Crippen LogP contribution < -0.4 is 5.73 Å². The first-order valence-electron chi connectivity index (χ1n) is 2.78. The fourth-order valence-corrected chi connectivity index (χ4v) is 0.714. The molecule has 1 aliphatic rings. The van der Waals surface area contributed by atoms with Gasteiger partial charge in [0, 0.05) is 7.11 Å². The fourth-order valence-electron chi connectivity index (χ4n) is 0.714. The molecule has 0 spiro atoms. The van der Waals surface area contributed by atoms with Gasteiger partial charge in [0.15, 0.2) is 0 Å². The normalized spacial score (nSPS) is 25.4. The summed E-state index contributed by atoms with van der Waals surface area (Å²) in [5.41, 5.74) is 5.23. The average molecular weight is 130 g/mol. The van der Waals surface area contributed by atoms with Crippen molar-refractivity contribution in [1.82, 2.24) is 0 Å². The number of methoxy groups -OCH3 is 1. The summed E-state index contributed by atoms with van der Waals surface area (Å²) < 4.78 is 9.70. The second-order valence-corrected chi connectivity index (χ2v) is 1.89. The minimum Gasteiger partial charge on any atom is -0.463 e. The van der Waals surface area contributed by atoms with E-state index in [1.807, 2.05) is 0 Å². The highest BCUT2D eigenvalue weighted by Gasteiger charge is 2.15. The molecule has 0 saturated heterocycles. The van der Waals surface area contributed by atoms with Crippen LogP contribution >= 0.6 is 0 Å². The summed E-state index contributed by atoms with van der Waals surface area (Å²) in [4.78, 5) is 3.93. The van der Waals surface area contributed by atoms with E-state index in [9.17, 15) is 0 Å². The van der Waals surface area contributed by atoms with Crippen LogP contribution in [0.3, 0.4) is 0 Å². The van der Waals surface area contributed by atoms with E-state index >= 15 is 0 Å². The SMILES string of the molecule is COC[C@H]1COC(N)=N1. The van der Waals surface area contributed by atoms with Crippen LogP contribution in [0.25, 0.3) is 0 Å². The van der Waals surface area contributed by atoms with E-state index in [0.717, 1.165) is 0 Å². The third-order valence-corrected chi connectivity index (χ3v) is 1.09. The summed E-state index contributed by atoms with van der Waals surface area (Å²) >= 11 is 0. The van der Waals surface area contributed by atoms with E-state index in [2.05, 4.69) is 4.99 Å². The van der Waals surface area contributed by atoms with Gasteiger partial charge in [0.25, 0.3) is 6.02 Å². The van der Waals surface area contributed by atoms with Crippen LogP contribution in [-0.4, -0.2) is 32.4 Å². The number of amidine groups is 1. The number of aliphatic imine (C=N–C) groups is 1. The predicted molar refractivity (Wildman–Crippen MR) is 33.2 cm³/mol. The largest absolute Gasteiger partial charge is 0.463 e. The lowest BCUT2D eigenvalue weighted by Crippen LogP contribution is -2.13. The molecule has 0 aromatic heterocycles. The van der Waals surface area contributed by atoms with Crippen LogP contribution in [0.5, 0.6) is 0 Å². The molecule has 0 aromatic rings. The van der Waals surface area contributed by atoms with Gasteiger partial charge in [0.2, 0.25) is 0 Å². The van der Waals surface area contributed by atoms with Crippen molar-refractivity contribution in [2.75, 3.05) is 20.3 Å². The zero-order chi connectivity index (χ0) is 6.69. The molecule has 0 aromatic carbocycles. The quantitative estimate of drug-likeness (QED) is 0.540. The monoisotopic (exact) mass is 130 g/mol. The van der Waals surface area contributed by atoms with Gasteiger partial charge in [0.1, 0.15) is 12.6 Å². The molecule has 1 rings (SSSR count). The van der Waals surface area contributed by atoms with Crippen molar-refractivity contribution in [3.63, 3.8) is 0 Å². The van der Waals surface area contributed by atoms with E-state index in [1.54, 1.807) is 7.11 Å². The fraction of sp³-hybridized carbons (Fsp3) is 0.800. The summed E-state index contributed by atoms with van der Waals surface area (Å²) in [7, 11) is 1.63. The first kappa shape index (κ1) is 6.35. The van der Waals surface area contributed by atoms with Gasteiger partial charge in [-0.2, -0.15) is 0 Å². The predicted octanol–water partition coefficient (Wildman–Crippen LogP) is -0.654. The molecule has 0 unspecified atom stereocenters. The van der Waals surface area contributed by atoms with Gasteiger partial charge in [-0.1, -0.05) is 0 Å². The maximum atomic E-state index is 5.23. The summed E-state index contributed by atoms with van der Waals surface area (Å²) in [6.07, 6.45) is 0. The number of rotatable bonds is 2. The van der Waals surface area contributed by atoms with Crippen LogP contribution in [-0.2, 0) is 9.47 Å². The smallest absolute Gasteiger partial charge is 0.282 e. The molecule has 1 aliphatic heterocycles. The molecule has 2 N–H and O–H groups in total. The van der Waals surface area contributed by atoms with Crippen LogP contribution in [0.1, 0.15) is 0 Å². The van der Waals surface area contributed by atoms with Crippen LogP contribution in [0, 0.1) is 0 Å². The van der Waals surface area contributed by atoms with E-state index in [4.69, 9.17) is 15.2 Å². The van der Waals surface area contributed by atoms with Crippen LogP contribution in [0.15, 0.2) is 4.99 Å². The zero-order valence-corrected chi connectivity index (χ0v) is 5.33. The van der Waals surface area contributed by atoms with Crippen LogP contribution in [0.4, 0.5) is 0 Å². The van der Waals surface area contributed by atoms with Gasteiger partial charge in [-0.05, 0) is 0 Å². The van der Waals surface area contributed by atoms with E-state index in [-0.39, 0.29) is 12.1 Å². The van der Waals surface area contributed by atoms with Gasteiger partial charge in [-0.3, -0.25) is 0 Å². The van der Waals surface area contributed by atoms with Gasteiger partial charge < -0.3 is 15.2 Å². The van der Waals surface area contributed by atoms with E-state index in [1.165, 1.54) is 0 Å². The minimum absolute atomic E-state index is 0.106. The molecule has 0 aliphatic carbocycles. The van der Waals surface area contributed by atoms with Crippen molar-refractivity contribution in [2.45, 2.75) is 6.04 Å². The van der Waals surface area contributed by atoms with Crippen molar-refractivity contribution in [2.24, 2.45) is 10.7 Å². The van der Waals surface area contributed by atoms with Crippen LogP contribution in [0.2, 0.25) is 0 Å². The Hall–Kier alpha value is -0.770. The first-order valence-corrected chi connectivity index (χ1v) is 2.78. The third-order valence-electron chi connectivity index (χ3n) is 1.09. The van der Waals surface area contributed by atoms with Gasteiger partial charge >= 0.3 is 0 Å². The average Bonchev–Trinajstić information content (AvgIpc) is 2.17. The second kappa shape index (κ2) is 2.68. The van der Waals surface area contributed by atoms with E-state index < -0.39 is 0 Å². The van der Waals surface area contributed by atoms with Crippen molar-refractivity contribution in [3.8, 4) is 0 Å². The molecule has 0 amide bonds. The summed E-state index contributed by atoms with van der Waals surface area (Å²) in [6.45, 7) is 1.14. The Kier molecular flexibility index (Phi) is 1.89. The molecular formula is C5H10N2O2. The van der Waals surface area contributed by atoms with Crippen molar-refractivity contribution < 1.29 is 9.47 Å². The number of nitrogens with zero attached hydrogens (tertiary/aromatic N) is 1. The zero-order valence-electron chi connectivity index (χ0n) is 5.33. The highest BCUT2D eigenvalue weighted by Crippen LogP contribution is 2.00. The number of hydrogen-bond acceptors (Lipinski definition) is 4. The minimum atomic E-state index is 0.106. The van der Waals surface area contributed by atoms with Gasteiger partial charge in [-0.15, -0.1) is 0 Å². The molecule has 0 fully saturated rings. The summed E-state index contributed by atoms with van der Waals surface area (Å²) in [5, 5.41) is 0. The Morgan fingerprint density at radius 1 is 2.00 bits per heavy atom. The molecule has 0 radical (unpaired) electrons. The Morgan fingerprint density at radius 3 is 3.22 bits per heavy atom. The molecule has 1 atom stereocenters. The molecule has 52 valence electrons. The topological polar surface area (TPSA) is 56.8 Å². The molecule has 1 heterocycles. The van der Waals surface area contributed by atoms with Crippen molar-refractivity contribution in [1.29, 1.82) is 0 Å². The van der Waals surface area contributed by atoms with Gasteiger partial charge in [-0.25, -0.2) is 4.99 Å². The maximum absolute atomic E-state index is 5.23. The molecule has 9 heavy (non-hydrogen) atoms. The number of hydrogen-bond donors (Lipinski definition) is 1. The molecule has 0 saturated carbocycles. The lowest BCUT2D eigenvalue weighted by atomic mass is 10.4. The maximum Gasteiger partial charge on any atom is 0.282 e. The second-order valence-electron chi connectivity index (χ2n) is 1.89. The number of ether oxygens (including phenoxy) is 2. The van der Waals surface area contributed by atoms with Crippen molar-refractivity contribution in [3.05, 3.63) is 0 Å². The Morgan fingerprint density at radius 2 is 2.78 bits per heavy atom. The van der Waals surface area contributed by atoms with Crippen molar-refractivity contribution >= 4 is 6.02 Å². The molecule has 0 bridgehead atoms. The van der Waals surface area contributed by atoms with Gasteiger partial charge in [0.05, 0.1) is 6.61 Å². The molecule has 4 nitrogen and oxygen atoms in total. The lowest BCUT2D eigenvalue weighted by Gasteiger charge is -1.99.